The molecule has 0 radical (unpaired) electrons. The molecule has 0 atom stereocenters. The monoisotopic (exact) mass is 520 g/mol. The predicted molar refractivity (Wildman–Crippen MR) is 131 cm³/mol. The summed E-state index contributed by atoms with van der Waals surface area (Å²) >= 11 is 0. The van der Waals surface area contributed by atoms with Crippen molar-refractivity contribution in [3.8, 4) is 0 Å². The fraction of sp³-hybridized carbons (Fsp3) is 0.440. The maximum atomic E-state index is 13.4. The first-order chi connectivity index (χ1) is 17.8. The van der Waals surface area contributed by atoms with E-state index in [1.807, 2.05) is 0 Å². The molecule has 2 fully saturated rings. The van der Waals surface area contributed by atoms with Crippen LogP contribution in [0.4, 0.5) is 17.6 Å². The zero-order valence-electron chi connectivity index (χ0n) is 20.2. The molecule has 4 rings (SSSR count). The van der Waals surface area contributed by atoms with Gasteiger partial charge in [0.05, 0.1) is 17.4 Å². The molecule has 1 amide bonds. The van der Waals surface area contributed by atoms with Crippen LogP contribution in [0.2, 0.25) is 0 Å². The SMILES string of the molecule is C=C/C=N/C=C(\N/C=C/F)c1nn(CC(F)(F)F)c2cc(C(=O)N3CCC4(CCOCC4)CC3)ncc12. The number of hydrogen-bond donors (Lipinski definition) is 1. The Kier molecular flexibility index (Phi) is 8.06. The largest absolute Gasteiger partial charge is 0.408 e. The summed E-state index contributed by atoms with van der Waals surface area (Å²) in [4.78, 5) is 23.2. The van der Waals surface area contributed by atoms with Gasteiger partial charge in [0, 0.05) is 50.3 Å². The number of hydrogen-bond acceptors (Lipinski definition) is 6. The van der Waals surface area contributed by atoms with Gasteiger partial charge in [-0.1, -0.05) is 12.7 Å². The zero-order chi connectivity index (χ0) is 26.5. The number of alkyl halides is 3. The molecule has 2 aliphatic rings. The third kappa shape index (κ3) is 6.24. The number of rotatable bonds is 7. The molecule has 2 aliphatic heterocycles. The second-order valence-electron chi connectivity index (χ2n) is 9.13. The lowest BCUT2D eigenvalue weighted by Gasteiger charge is -2.44. The number of pyridine rings is 1. The molecule has 4 heterocycles. The average Bonchev–Trinajstić information content (AvgIpc) is 3.22. The number of nitrogens with zero attached hydrogens (tertiary/aromatic N) is 5. The van der Waals surface area contributed by atoms with Crippen molar-refractivity contribution in [1.29, 1.82) is 0 Å². The van der Waals surface area contributed by atoms with Crippen molar-refractivity contribution in [3.63, 3.8) is 0 Å². The van der Waals surface area contributed by atoms with Gasteiger partial charge in [-0.05, 0) is 37.2 Å². The number of likely N-dealkylation sites (tertiary alicyclic amines) is 1. The van der Waals surface area contributed by atoms with Crippen molar-refractivity contribution in [3.05, 3.63) is 55.0 Å². The number of fused-ring (bicyclic) bond motifs is 1. The van der Waals surface area contributed by atoms with E-state index in [1.165, 1.54) is 30.8 Å². The number of halogens is 4. The van der Waals surface area contributed by atoms with Gasteiger partial charge in [0.1, 0.15) is 24.3 Å². The second kappa shape index (κ2) is 11.2. The molecule has 0 bridgehead atoms. The number of piperidine rings is 1. The number of ether oxygens (including phenoxy) is 1. The predicted octanol–water partition coefficient (Wildman–Crippen LogP) is 4.61. The highest BCUT2D eigenvalue weighted by atomic mass is 19.4. The van der Waals surface area contributed by atoms with Crippen LogP contribution in [-0.2, 0) is 11.3 Å². The first kappa shape index (κ1) is 26.5. The molecule has 0 aromatic carbocycles. The van der Waals surface area contributed by atoms with Gasteiger partial charge in [-0.15, -0.1) is 0 Å². The lowest BCUT2D eigenvalue weighted by atomic mass is 9.72. The van der Waals surface area contributed by atoms with Crippen LogP contribution in [0.3, 0.4) is 0 Å². The van der Waals surface area contributed by atoms with Gasteiger partial charge >= 0.3 is 6.18 Å². The Bertz CT molecular complexity index is 1220. The molecule has 0 unspecified atom stereocenters. The van der Waals surface area contributed by atoms with Crippen LogP contribution < -0.4 is 5.32 Å². The van der Waals surface area contributed by atoms with Gasteiger partial charge in [0.25, 0.3) is 5.91 Å². The molecular weight excluding hydrogens is 492 g/mol. The summed E-state index contributed by atoms with van der Waals surface area (Å²) in [6.45, 7) is 4.69. The molecule has 0 saturated carbocycles. The highest BCUT2D eigenvalue weighted by Gasteiger charge is 2.38. The molecule has 8 nitrogen and oxygen atoms in total. The van der Waals surface area contributed by atoms with E-state index in [1.54, 1.807) is 4.90 Å². The number of nitrogens with one attached hydrogen (secondary N) is 1. The summed E-state index contributed by atoms with van der Waals surface area (Å²) in [5, 5.41) is 6.98. The minimum absolute atomic E-state index is 0.0390. The van der Waals surface area contributed by atoms with Gasteiger partial charge in [-0.3, -0.25) is 19.5 Å². The number of aliphatic imine (C=N–C) groups is 1. The van der Waals surface area contributed by atoms with E-state index in [0.717, 1.165) is 49.8 Å². The van der Waals surface area contributed by atoms with E-state index in [0.29, 0.717) is 13.1 Å². The maximum absolute atomic E-state index is 13.4. The first-order valence-electron chi connectivity index (χ1n) is 11.9. The summed E-state index contributed by atoms with van der Waals surface area (Å²) in [7, 11) is 0. The van der Waals surface area contributed by atoms with E-state index in [2.05, 4.69) is 27.0 Å². The van der Waals surface area contributed by atoms with Crippen LogP contribution >= 0.6 is 0 Å². The van der Waals surface area contributed by atoms with E-state index >= 15 is 0 Å². The van der Waals surface area contributed by atoms with Crippen LogP contribution in [0, 0.1) is 5.41 Å². The molecule has 12 heteroatoms. The third-order valence-corrected chi connectivity index (χ3v) is 6.80. The molecule has 0 aliphatic carbocycles. The van der Waals surface area contributed by atoms with Crippen LogP contribution in [0.15, 0.2) is 48.6 Å². The van der Waals surface area contributed by atoms with Crippen LogP contribution in [0.5, 0.6) is 0 Å². The smallest absolute Gasteiger partial charge is 0.381 e. The topological polar surface area (TPSA) is 84.6 Å². The molecule has 198 valence electrons. The number of aromatic nitrogens is 3. The lowest BCUT2D eigenvalue weighted by molar-refractivity contribution is -0.141. The van der Waals surface area contributed by atoms with Crippen molar-refractivity contribution in [2.24, 2.45) is 10.4 Å². The van der Waals surface area contributed by atoms with Gasteiger partial charge < -0.3 is 15.0 Å². The molecule has 1 spiro atoms. The molecule has 2 aromatic rings. The third-order valence-electron chi connectivity index (χ3n) is 6.80. The minimum Gasteiger partial charge on any atom is -0.381 e. The molecular formula is C25H28F4N6O2. The molecule has 2 aromatic heterocycles. The van der Waals surface area contributed by atoms with E-state index in [4.69, 9.17) is 4.74 Å². The molecule has 37 heavy (non-hydrogen) atoms. The summed E-state index contributed by atoms with van der Waals surface area (Å²) in [5.41, 5.74) is 0.510. The second-order valence-corrected chi connectivity index (χ2v) is 9.13. The Morgan fingerprint density at radius 3 is 2.62 bits per heavy atom. The van der Waals surface area contributed by atoms with E-state index in [9.17, 15) is 22.4 Å². The molecule has 1 N–H and O–H groups in total. The first-order valence-corrected chi connectivity index (χ1v) is 11.9. The van der Waals surface area contributed by atoms with Crippen LogP contribution in [0.1, 0.15) is 41.9 Å². The Hall–Kier alpha value is -3.54. The summed E-state index contributed by atoms with van der Waals surface area (Å²) in [6.07, 6.45) is 5.63. The summed E-state index contributed by atoms with van der Waals surface area (Å²) in [6, 6.07) is 1.33. The lowest BCUT2D eigenvalue weighted by Crippen LogP contribution is -2.45. The normalized spacial score (nSPS) is 18.8. The van der Waals surface area contributed by atoms with Crippen LogP contribution in [0.25, 0.3) is 16.6 Å². The number of amides is 1. The van der Waals surface area contributed by atoms with Gasteiger partial charge in [-0.25, -0.2) is 4.39 Å². The van der Waals surface area contributed by atoms with Crippen molar-refractivity contribution >= 4 is 28.7 Å². The van der Waals surface area contributed by atoms with E-state index < -0.39 is 12.7 Å². The highest BCUT2D eigenvalue weighted by Crippen LogP contribution is 2.40. The standard InChI is InChI=1S/C25H28F4N6O2/c1-2-8-30-16-20(31-9-7-26)22-18-15-32-19(14-21(18)35(33-22)17-25(27,28)29)23(36)34-10-3-24(4-11-34)5-12-37-13-6-24/h2,7-9,14-16,31H,1,3-6,10-13,17H2/b9-7+,20-16-,30-8+. The number of allylic oxidation sites excluding steroid dienone is 1. The Balaban J connectivity index is 1.67. The average molecular weight is 521 g/mol. The fourth-order valence-electron chi connectivity index (χ4n) is 4.79. The quantitative estimate of drug-likeness (QED) is 0.426. The Morgan fingerprint density at radius 1 is 1.24 bits per heavy atom. The van der Waals surface area contributed by atoms with E-state index in [-0.39, 0.29) is 45.6 Å². The van der Waals surface area contributed by atoms with Gasteiger partial charge in [0.2, 0.25) is 0 Å². The van der Waals surface area contributed by atoms with Crippen molar-refractivity contribution in [1.82, 2.24) is 25.0 Å². The molecule has 2 saturated heterocycles. The maximum Gasteiger partial charge on any atom is 0.408 e. The van der Waals surface area contributed by atoms with Gasteiger partial charge in [0.15, 0.2) is 0 Å². The minimum atomic E-state index is -4.56. The van der Waals surface area contributed by atoms with Crippen molar-refractivity contribution in [2.45, 2.75) is 38.4 Å². The summed E-state index contributed by atoms with van der Waals surface area (Å²) in [5.74, 6) is -0.338. The zero-order valence-corrected chi connectivity index (χ0v) is 20.2. The number of carbonyl (C=O) groups excluding carboxylic acids is 1. The summed E-state index contributed by atoms with van der Waals surface area (Å²) < 4.78 is 59.0. The van der Waals surface area contributed by atoms with Gasteiger partial charge in [-0.2, -0.15) is 18.3 Å². The highest BCUT2D eigenvalue weighted by molar-refractivity contribution is 5.98. The van der Waals surface area contributed by atoms with Crippen molar-refractivity contribution in [2.75, 3.05) is 26.3 Å². The van der Waals surface area contributed by atoms with Crippen LogP contribution in [-0.4, -0.2) is 64.3 Å². The fourth-order valence-corrected chi connectivity index (χ4v) is 4.79. The number of carbonyl (C=O) groups is 1. The van der Waals surface area contributed by atoms with Crippen molar-refractivity contribution < 1.29 is 27.1 Å². The Labute approximate surface area is 211 Å². The Morgan fingerprint density at radius 2 is 1.97 bits per heavy atom.